The normalized spacial score (nSPS) is 24.9. The Bertz CT molecular complexity index is 2180. The van der Waals surface area contributed by atoms with Gasteiger partial charge >= 0.3 is 0 Å². The quantitative estimate of drug-likeness (QED) is 0.0738. The van der Waals surface area contributed by atoms with Gasteiger partial charge in [-0.15, -0.1) is 0 Å². The first-order chi connectivity index (χ1) is 34.1. The van der Waals surface area contributed by atoms with Crippen molar-refractivity contribution in [3.63, 3.8) is 0 Å². The van der Waals surface area contributed by atoms with Crippen LogP contribution < -0.4 is 60.2 Å². The van der Waals surface area contributed by atoms with Crippen LogP contribution in [0.4, 0.5) is 0 Å². The van der Waals surface area contributed by atoms with Crippen molar-refractivity contribution in [2.75, 3.05) is 18.1 Å². The Labute approximate surface area is 433 Å². The zero-order chi connectivity index (χ0) is 54.9. The molecular formula is C47H74N12O12S2. The van der Waals surface area contributed by atoms with E-state index in [-0.39, 0.29) is 42.4 Å². The first-order valence-electron chi connectivity index (χ1n) is 24.2. The fraction of sp³-hybridized carbons (Fsp3) is 0.638. The number of amides is 11. The number of hydrogen-bond donors (Lipinski definition) is 12. The second-order valence-corrected chi connectivity index (χ2v) is 22.5. The molecule has 2 fully saturated rings. The van der Waals surface area contributed by atoms with Gasteiger partial charge in [-0.05, 0) is 60.6 Å². The number of carbonyl (C=O) groups is 11. The average molecular weight is 1060 g/mol. The summed E-state index contributed by atoms with van der Waals surface area (Å²) in [7, 11) is 2.06. The van der Waals surface area contributed by atoms with Crippen LogP contribution in [0.2, 0.25) is 0 Å². The molecule has 0 saturated carbocycles. The van der Waals surface area contributed by atoms with Gasteiger partial charge in [-0.1, -0.05) is 88.6 Å². The minimum atomic E-state index is -1.77. The van der Waals surface area contributed by atoms with Crippen molar-refractivity contribution in [2.45, 2.75) is 154 Å². The fourth-order valence-corrected chi connectivity index (χ4v) is 10.5. The maximum Gasteiger partial charge on any atom is 0.246 e. The van der Waals surface area contributed by atoms with E-state index in [1.807, 2.05) is 34.6 Å². The second kappa shape index (κ2) is 28.3. The van der Waals surface area contributed by atoms with Crippen LogP contribution in [0.5, 0.6) is 5.75 Å². The average Bonchev–Trinajstić information content (AvgIpc) is 3.77. The maximum atomic E-state index is 15.1. The van der Waals surface area contributed by atoms with Gasteiger partial charge in [0.05, 0.1) is 19.0 Å². The zero-order valence-electron chi connectivity index (χ0n) is 42.4. The predicted molar refractivity (Wildman–Crippen MR) is 273 cm³/mol. The molecule has 16 N–H and O–H groups in total. The Morgan fingerprint density at radius 2 is 1.36 bits per heavy atom. The summed E-state index contributed by atoms with van der Waals surface area (Å²) in [6, 6.07) is -5.83. The van der Waals surface area contributed by atoms with E-state index in [0.717, 1.165) is 21.6 Å². The molecule has 0 spiro atoms. The third-order valence-corrected chi connectivity index (χ3v) is 14.8. The number of phenols is 1. The van der Waals surface area contributed by atoms with Crippen molar-refractivity contribution in [3.8, 4) is 5.75 Å². The van der Waals surface area contributed by atoms with Crippen LogP contribution >= 0.6 is 21.6 Å². The third-order valence-electron chi connectivity index (χ3n) is 12.4. The van der Waals surface area contributed by atoms with Crippen LogP contribution in [-0.4, -0.2) is 147 Å². The van der Waals surface area contributed by atoms with Gasteiger partial charge in [0.2, 0.25) is 65.0 Å². The fourth-order valence-electron chi connectivity index (χ4n) is 8.25. The van der Waals surface area contributed by atoms with Crippen LogP contribution in [-0.2, 0) is 59.2 Å². The summed E-state index contributed by atoms with van der Waals surface area (Å²) in [6.45, 7) is 12.1. The van der Waals surface area contributed by atoms with Crippen LogP contribution in [0, 0.1) is 17.3 Å². The van der Waals surface area contributed by atoms with Crippen LogP contribution in [0.25, 0.3) is 0 Å². The number of phenolic OH excluding ortho intramolecular Hbond substituents is 1. The van der Waals surface area contributed by atoms with Gasteiger partial charge in [-0.2, -0.15) is 0 Å². The number of aromatic hydroxyl groups is 1. The van der Waals surface area contributed by atoms with E-state index in [0.29, 0.717) is 18.4 Å². The summed E-state index contributed by atoms with van der Waals surface area (Å²) in [6.07, 6.45) is -0.783. The summed E-state index contributed by atoms with van der Waals surface area (Å²) in [5, 5.41) is 28.0. The van der Waals surface area contributed by atoms with Gasteiger partial charge < -0.3 is 70.2 Å². The van der Waals surface area contributed by atoms with Crippen molar-refractivity contribution < 1.29 is 57.8 Å². The van der Waals surface area contributed by atoms with Gasteiger partial charge in [0.15, 0.2) is 0 Å². The molecule has 0 aliphatic carbocycles. The summed E-state index contributed by atoms with van der Waals surface area (Å²) in [5.74, 6) is -10.5. The first-order valence-corrected chi connectivity index (χ1v) is 26.7. The molecule has 1 unspecified atom stereocenters. The molecule has 2 aliphatic heterocycles. The number of nitrogens with two attached hydrogens (primary N) is 4. The van der Waals surface area contributed by atoms with Crippen LogP contribution in [0.1, 0.15) is 99.0 Å². The van der Waals surface area contributed by atoms with Crippen molar-refractivity contribution >= 4 is 86.6 Å². The standard InChI is InChI=1S/C47H74N12O12S2/c1-8-24(4)38-45(70)53-28(13-16-35(49)61)41(66)55-31(19-36(50)62)42(67)57-32(22-73-72-21-27(48)39(64)54-30(43(68)58-38)18-25-9-11-26(60)12-10-25)46(71)59-33(14-15-34(59)47(5,6)7)44(69)56-29(17-23(2)3)40(65)52-20-37(51)63/h9-12,23-24,27-34,38,60H,8,13-22,48H2,1-7H3,(H2,49,61)(H2,50,62)(H2,51,63)(H,52,65)(H,53,70)(H,54,64)(H,55,66)(H,56,69)(H,57,67)(H,58,68)/t24-,27-,28?,29-,30-,31-,32-,33-,34+,38-/m0/s1. The molecule has 24 nitrogen and oxygen atoms in total. The molecular weight excluding hydrogens is 989 g/mol. The molecule has 0 aromatic heterocycles. The molecule has 26 heteroatoms. The second-order valence-electron chi connectivity index (χ2n) is 19.9. The van der Waals surface area contributed by atoms with Gasteiger partial charge in [0.25, 0.3) is 0 Å². The van der Waals surface area contributed by atoms with E-state index < -0.39 is 156 Å². The predicted octanol–water partition coefficient (Wildman–Crippen LogP) is -2.19. The summed E-state index contributed by atoms with van der Waals surface area (Å²) in [4.78, 5) is 151. The van der Waals surface area contributed by atoms with E-state index in [1.54, 1.807) is 26.0 Å². The molecule has 0 radical (unpaired) electrons. The molecule has 3 rings (SSSR count). The summed E-state index contributed by atoms with van der Waals surface area (Å²) in [5.41, 5.74) is 22.5. The summed E-state index contributed by atoms with van der Waals surface area (Å²) >= 11 is 0. The molecule has 2 heterocycles. The van der Waals surface area contributed by atoms with E-state index in [2.05, 4.69) is 37.2 Å². The molecule has 73 heavy (non-hydrogen) atoms. The minimum Gasteiger partial charge on any atom is -0.508 e. The van der Waals surface area contributed by atoms with Crippen molar-refractivity contribution in [1.29, 1.82) is 0 Å². The number of nitrogens with zero attached hydrogens (tertiary/aromatic N) is 1. The van der Waals surface area contributed by atoms with Gasteiger partial charge in [-0.25, -0.2) is 0 Å². The Hall–Kier alpha value is -6.15. The Morgan fingerprint density at radius 3 is 1.93 bits per heavy atom. The minimum absolute atomic E-state index is 0.0477. The highest BCUT2D eigenvalue weighted by atomic mass is 33.1. The summed E-state index contributed by atoms with van der Waals surface area (Å²) < 4.78 is 0. The van der Waals surface area contributed by atoms with E-state index in [1.165, 1.54) is 17.0 Å². The number of primary amides is 3. The topological polar surface area (TPSA) is 400 Å². The van der Waals surface area contributed by atoms with Crippen LogP contribution in [0.3, 0.4) is 0 Å². The lowest BCUT2D eigenvalue weighted by Gasteiger charge is -2.39. The monoisotopic (exact) mass is 1060 g/mol. The molecule has 2 saturated heterocycles. The lowest BCUT2D eigenvalue weighted by molar-refractivity contribution is -0.145. The largest absolute Gasteiger partial charge is 0.508 e. The number of likely N-dealkylation sites (tertiary alicyclic amines) is 1. The zero-order valence-corrected chi connectivity index (χ0v) is 44.1. The number of hydrogen-bond acceptors (Lipinski definition) is 15. The number of nitrogens with one attached hydrogen (secondary N) is 7. The molecule has 1 aromatic carbocycles. The molecule has 0 bridgehead atoms. The molecule has 2 aliphatic rings. The van der Waals surface area contributed by atoms with Gasteiger partial charge in [0, 0.05) is 30.4 Å². The Balaban J connectivity index is 2.15. The molecule has 10 atom stereocenters. The number of benzene rings is 1. The van der Waals surface area contributed by atoms with Gasteiger partial charge in [0.1, 0.15) is 48.0 Å². The molecule has 406 valence electrons. The van der Waals surface area contributed by atoms with E-state index in [9.17, 15) is 53.1 Å². The molecule has 1 aromatic rings. The number of carbonyl (C=O) groups excluding carboxylic acids is 11. The van der Waals surface area contributed by atoms with Crippen molar-refractivity contribution in [2.24, 2.45) is 40.2 Å². The smallest absolute Gasteiger partial charge is 0.246 e. The van der Waals surface area contributed by atoms with E-state index in [4.69, 9.17) is 22.9 Å². The van der Waals surface area contributed by atoms with Crippen LogP contribution in [0.15, 0.2) is 24.3 Å². The van der Waals surface area contributed by atoms with E-state index >= 15 is 4.79 Å². The Kier molecular flexibility index (Phi) is 23.7. The number of rotatable bonds is 17. The first kappa shape index (κ1) is 61.2. The molecule has 11 amide bonds. The Morgan fingerprint density at radius 1 is 0.767 bits per heavy atom. The maximum absolute atomic E-state index is 15.1. The highest BCUT2D eigenvalue weighted by Crippen LogP contribution is 2.37. The van der Waals surface area contributed by atoms with Gasteiger partial charge in [-0.3, -0.25) is 52.7 Å². The SMILES string of the molecule is CC[C@H](C)[C@@H]1NC(=O)[C@H](Cc2ccc(O)cc2)NC(=O)[C@@H](N)CSSC[C@@H](C(=O)N2[C@H](C(=O)N[C@@H](CC(C)C)C(=O)NCC(N)=O)CC[C@@H]2C(C)(C)C)NC(=O)[C@H](CC(N)=O)NC(=O)C(CCC(N)=O)NC1=O. The lowest BCUT2D eigenvalue weighted by Crippen LogP contribution is -2.62. The highest BCUT2D eigenvalue weighted by molar-refractivity contribution is 8.76. The lowest BCUT2D eigenvalue weighted by atomic mass is 9.85. The van der Waals surface area contributed by atoms with Crippen molar-refractivity contribution in [1.82, 2.24) is 42.1 Å². The van der Waals surface area contributed by atoms with Crippen molar-refractivity contribution in [3.05, 3.63) is 29.8 Å². The highest BCUT2D eigenvalue weighted by Gasteiger charge is 2.48. The third kappa shape index (κ3) is 19.3.